The highest BCUT2D eigenvalue weighted by Gasteiger charge is 2.21. The predicted octanol–water partition coefficient (Wildman–Crippen LogP) is 1.06. The molecule has 1 aromatic heterocycles. The summed E-state index contributed by atoms with van der Waals surface area (Å²) in [6, 6.07) is 2.61. The Kier molecular flexibility index (Phi) is 5.03. The number of pyridine rings is 1. The molecule has 0 radical (unpaired) electrons. The van der Waals surface area contributed by atoms with Crippen LogP contribution in [-0.2, 0) is 4.74 Å². The van der Waals surface area contributed by atoms with Gasteiger partial charge in [-0.2, -0.15) is 4.39 Å². The van der Waals surface area contributed by atoms with Crippen LogP contribution in [0.1, 0.15) is 24.2 Å². The first kappa shape index (κ1) is 14.9. The zero-order chi connectivity index (χ0) is 14.5. The van der Waals surface area contributed by atoms with Crippen LogP contribution in [0.3, 0.4) is 0 Å². The molecule has 2 rings (SSSR count). The number of aromatic nitrogens is 1. The Balaban J connectivity index is 1.75. The molecule has 2 atom stereocenters. The molecule has 20 heavy (non-hydrogen) atoms. The van der Waals surface area contributed by atoms with Gasteiger partial charge < -0.3 is 10.1 Å². The van der Waals surface area contributed by atoms with Crippen molar-refractivity contribution < 1.29 is 13.9 Å². The fraction of sp³-hybridized carbons (Fsp3) is 0.571. The molecule has 1 N–H and O–H groups in total. The fourth-order valence-corrected chi connectivity index (χ4v) is 2.41. The van der Waals surface area contributed by atoms with Crippen LogP contribution in [0.4, 0.5) is 4.39 Å². The molecule has 110 valence electrons. The number of carbonyl (C=O) groups excluding carboxylic acids is 1. The Morgan fingerprint density at radius 2 is 2.15 bits per heavy atom. The molecule has 5 nitrogen and oxygen atoms in total. The van der Waals surface area contributed by atoms with Gasteiger partial charge in [0.25, 0.3) is 5.91 Å². The molecule has 0 spiro atoms. The predicted molar refractivity (Wildman–Crippen MR) is 73.0 cm³/mol. The molecule has 0 aliphatic carbocycles. The molecule has 0 saturated carbocycles. The molecule has 1 aromatic rings. The van der Waals surface area contributed by atoms with E-state index in [9.17, 15) is 9.18 Å². The van der Waals surface area contributed by atoms with E-state index in [1.807, 2.05) is 13.8 Å². The van der Waals surface area contributed by atoms with Gasteiger partial charge in [-0.3, -0.25) is 9.69 Å². The fourth-order valence-electron chi connectivity index (χ4n) is 2.41. The van der Waals surface area contributed by atoms with Gasteiger partial charge in [0.2, 0.25) is 5.95 Å². The summed E-state index contributed by atoms with van der Waals surface area (Å²) in [5.41, 5.74) is 0.370. The number of nitrogens with one attached hydrogen (secondary N) is 1. The van der Waals surface area contributed by atoms with E-state index in [4.69, 9.17) is 4.74 Å². The van der Waals surface area contributed by atoms with E-state index in [1.165, 1.54) is 18.3 Å². The Morgan fingerprint density at radius 1 is 1.45 bits per heavy atom. The van der Waals surface area contributed by atoms with Crippen LogP contribution >= 0.6 is 0 Å². The van der Waals surface area contributed by atoms with Crippen LogP contribution in [0, 0.1) is 5.95 Å². The minimum absolute atomic E-state index is 0.218. The van der Waals surface area contributed by atoms with Crippen molar-refractivity contribution in [2.75, 3.05) is 26.2 Å². The summed E-state index contributed by atoms with van der Waals surface area (Å²) < 4.78 is 18.3. The lowest BCUT2D eigenvalue weighted by atomic mass is 10.2. The minimum atomic E-state index is -0.585. The lowest BCUT2D eigenvalue weighted by Crippen LogP contribution is -2.47. The van der Waals surface area contributed by atoms with Gasteiger partial charge in [0.1, 0.15) is 0 Å². The van der Waals surface area contributed by atoms with Gasteiger partial charge in [0.05, 0.1) is 17.8 Å². The first-order valence-electron chi connectivity index (χ1n) is 6.82. The van der Waals surface area contributed by atoms with Crippen molar-refractivity contribution in [1.29, 1.82) is 0 Å². The highest BCUT2D eigenvalue weighted by molar-refractivity contribution is 5.93. The van der Waals surface area contributed by atoms with Crippen LogP contribution in [0.15, 0.2) is 18.3 Å². The number of amides is 1. The molecule has 1 aliphatic rings. The number of morpholine rings is 1. The summed E-state index contributed by atoms with van der Waals surface area (Å²) in [6.45, 7) is 7.17. The lowest BCUT2D eigenvalue weighted by molar-refractivity contribution is -0.0672. The normalized spacial score (nSPS) is 23.6. The molecular formula is C14H20FN3O2. The van der Waals surface area contributed by atoms with E-state index in [0.717, 1.165) is 19.6 Å². The average Bonchev–Trinajstić information content (AvgIpc) is 2.38. The highest BCUT2D eigenvalue weighted by atomic mass is 19.1. The van der Waals surface area contributed by atoms with E-state index in [2.05, 4.69) is 15.2 Å². The molecule has 1 saturated heterocycles. The number of ether oxygens (including phenoxy) is 1. The second-order valence-corrected chi connectivity index (χ2v) is 5.14. The second-order valence-electron chi connectivity index (χ2n) is 5.14. The molecule has 0 bridgehead atoms. The van der Waals surface area contributed by atoms with E-state index in [-0.39, 0.29) is 18.1 Å². The SMILES string of the molecule is C[C@@H]1CN(CCNC(=O)c2ccc(F)nc2)C[C@H](C)O1. The maximum Gasteiger partial charge on any atom is 0.252 e. The monoisotopic (exact) mass is 281 g/mol. The third-order valence-corrected chi connectivity index (χ3v) is 3.20. The number of nitrogens with zero attached hydrogens (tertiary/aromatic N) is 2. The number of hydrogen-bond acceptors (Lipinski definition) is 4. The summed E-state index contributed by atoms with van der Waals surface area (Å²) in [6.07, 6.45) is 1.68. The number of hydrogen-bond donors (Lipinski definition) is 1. The Morgan fingerprint density at radius 3 is 2.75 bits per heavy atom. The Hall–Kier alpha value is -1.53. The van der Waals surface area contributed by atoms with Crippen molar-refractivity contribution in [3.8, 4) is 0 Å². The summed E-state index contributed by atoms with van der Waals surface area (Å²) in [5, 5.41) is 2.81. The van der Waals surface area contributed by atoms with Crippen molar-refractivity contribution in [1.82, 2.24) is 15.2 Å². The van der Waals surface area contributed by atoms with Crippen molar-refractivity contribution in [3.63, 3.8) is 0 Å². The van der Waals surface area contributed by atoms with Gasteiger partial charge in [-0.1, -0.05) is 0 Å². The summed E-state index contributed by atoms with van der Waals surface area (Å²) >= 11 is 0. The molecule has 6 heteroatoms. The van der Waals surface area contributed by atoms with Crippen LogP contribution in [-0.4, -0.2) is 54.2 Å². The maximum absolute atomic E-state index is 12.7. The first-order chi connectivity index (χ1) is 9.54. The number of halogens is 1. The molecular weight excluding hydrogens is 261 g/mol. The zero-order valence-corrected chi connectivity index (χ0v) is 11.8. The highest BCUT2D eigenvalue weighted by Crippen LogP contribution is 2.09. The smallest absolute Gasteiger partial charge is 0.252 e. The van der Waals surface area contributed by atoms with E-state index in [0.29, 0.717) is 12.1 Å². The summed E-state index contributed by atoms with van der Waals surface area (Å²) in [4.78, 5) is 17.5. The number of rotatable bonds is 4. The second kappa shape index (κ2) is 6.76. The lowest BCUT2D eigenvalue weighted by Gasteiger charge is -2.35. The van der Waals surface area contributed by atoms with Crippen molar-refractivity contribution in [2.24, 2.45) is 0 Å². The van der Waals surface area contributed by atoms with Gasteiger partial charge in [-0.25, -0.2) is 4.98 Å². The Labute approximate surface area is 118 Å². The average molecular weight is 281 g/mol. The molecule has 1 amide bonds. The van der Waals surface area contributed by atoms with E-state index >= 15 is 0 Å². The maximum atomic E-state index is 12.7. The van der Waals surface area contributed by atoms with Crippen LogP contribution in [0.25, 0.3) is 0 Å². The topological polar surface area (TPSA) is 54.5 Å². The zero-order valence-electron chi connectivity index (χ0n) is 11.8. The standard InChI is InChI=1S/C14H20FN3O2/c1-10-8-18(9-11(2)20-10)6-5-16-14(19)12-3-4-13(15)17-7-12/h3-4,7,10-11H,5-6,8-9H2,1-2H3,(H,16,19)/t10-,11+. The van der Waals surface area contributed by atoms with Gasteiger partial charge in [-0.05, 0) is 26.0 Å². The van der Waals surface area contributed by atoms with Crippen LogP contribution < -0.4 is 5.32 Å². The molecule has 1 aliphatic heterocycles. The van der Waals surface area contributed by atoms with Crippen molar-refractivity contribution >= 4 is 5.91 Å². The van der Waals surface area contributed by atoms with Crippen LogP contribution in [0.5, 0.6) is 0 Å². The van der Waals surface area contributed by atoms with Gasteiger partial charge in [0, 0.05) is 32.4 Å². The minimum Gasteiger partial charge on any atom is -0.373 e. The van der Waals surface area contributed by atoms with Crippen molar-refractivity contribution in [2.45, 2.75) is 26.1 Å². The van der Waals surface area contributed by atoms with Gasteiger partial charge in [-0.15, -0.1) is 0 Å². The number of carbonyl (C=O) groups is 1. The van der Waals surface area contributed by atoms with Crippen molar-refractivity contribution in [3.05, 3.63) is 29.8 Å². The van der Waals surface area contributed by atoms with Crippen LogP contribution in [0.2, 0.25) is 0 Å². The Bertz CT molecular complexity index is 442. The first-order valence-corrected chi connectivity index (χ1v) is 6.82. The molecule has 0 aromatic carbocycles. The quantitative estimate of drug-likeness (QED) is 0.839. The van der Waals surface area contributed by atoms with E-state index in [1.54, 1.807) is 0 Å². The summed E-state index contributed by atoms with van der Waals surface area (Å²) in [7, 11) is 0. The molecule has 0 unspecified atom stereocenters. The van der Waals surface area contributed by atoms with E-state index < -0.39 is 5.95 Å². The third-order valence-electron chi connectivity index (χ3n) is 3.20. The molecule has 1 fully saturated rings. The largest absolute Gasteiger partial charge is 0.373 e. The third kappa shape index (κ3) is 4.25. The molecule has 2 heterocycles. The summed E-state index contributed by atoms with van der Waals surface area (Å²) in [5.74, 6) is -0.815. The van der Waals surface area contributed by atoms with Gasteiger partial charge in [0.15, 0.2) is 0 Å². The van der Waals surface area contributed by atoms with Gasteiger partial charge >= 0.3 is 0 Å².